The topological polar surface area (TPSA) is 84.9 Å². The summed E-state index contributed by atoms with van der Waals surface area (Å²) in [5.74, 6) is -0.100. The number of nitrogens with one attached hydrogen (secondary N) is 1. The Morgan fingerprint density at radius 3 is 2.59 bits per heavy atom. The van der Waals surface area contributed by atoms with Crippen LogP contribution in [0.15, 0.2) is 47.4 Å². The minimum Gasteiger partial charge on any atom is -0.490 e. The SMILES string of the molecule is CCCN1C(=O)S/C(=C/c2cc(Cl)c(OCC(=O)Nc3ccccc3)c(OCC)c2)C1=O. The molecule has 7 nitrogen and oxygen atoms in total. The molecule has 2 aromatic rings. The van der Waals surface area contributed by atoms with Gasteiger partial charge in [0.2, 0.25) is 0 Å². The number of rotatable bonds is 9. The second-order valence-electron chi connectivity index (χ2n) is 6.80. The van der Waals surface area contributed by atoms with E-state index in [1.165, 1.54) is 4.90 Å². The molecule has 0 aliphatic carbocycles. The highest BCUT2D eigenvalue weighted by atomic mass is 35.5. The Kier molecular flexibility index (Phi) is 8.19. The lowest BCUT2D eigenvalue weighted by molar-refractivity contribution is -0.122. The Hall–Kier alpha value is -2.97. The number of nitrogens with zero attached hydrogens (tertiary/aromatic N) is 1. The minimum absolute atomic E-state index is 0.225. The molecule has 0 unspecified atom stereocenters. The lowest BCUT2D eigenvalue weighted by Crippen LogP contribution is -2.28. The first-order valence-electron chi connectivity index (χ1n) is 10.1. The van der Waals surface area contributed by atoms with E-state index in [2.05, 4.69) is 5.32 Å². The fourth-order valence-electron chi connectivity index (χ4n) is 3.00. The van der Waals surface area contributed by atoms with Crippen LogP contribution < -0.4 is 14.8 Å². The van der Waals surface area contributed by atoms with Gasteiger partial charge in [-0.05, 0) is 61.0 Å². The van der Waals surface area contributed by atoms with E-state index >= 15 is 0 Å². The normalized spacial score (nSPS) is 14.7. The molecule has 1 aliphatic heterocycles. The van der Waals surface area contributed by atoms with Gasteiger partial charge in [0.05, 0.1) is 16.5 Å². The Labute approximate surface area is 195 Å². The van der Waals surface area contributed by atoms with Gasteiger partial charge in [-0.25, -0.2) is 0 Å². The summed E-state index contributed by atoms with van der Waals surface area (Å²) in [6.45, 7) is 4.18. The lowest BCUT2D eigenvalue weighted by atomic mass is 10.1. The average molecular weight is 475 g/mol. The number of para-hydroxylation sites is 1. The van der Waals surface area contributed by atoms with Crippen LogP contribution in [0.5, 0.6) is 11.5 Å². The number of ether oxygens (including phenoxy) is 2. The molecule has 0 bridgehead atoms. The van der Waals surface area contributed by atoms with Gasteiger partial charge < -0.3 is 14.8 Å². The molecule has 0 saturated carbocycles. The molecule has 1 fully saturated rings. The van der Waals surface area contributed by atoms with Crippen molar-refractivity contribution in [2.45, 2.75) is 20.3 Å². The van der Waals surface area contributed by atoms with Gasteiger partial charge in [0.15, 0.2) is 18.1 Å². The van der Waals surface area contributed by atoms with E-state index < -0.39 is 0 Å². The van der Waals surface area contributed by atoms with E-state index in [1.54, 1.807) is 30.3 Å². The minimum atomic E-state index is -0.344. The summed E-state index contributed by atoms with van der Waals surface area (Å²) in [4.78, 5) is 38.3. The van der Waals surface area contributed by atoms with E-state index in [1.807, 2.05) is 32.0 Å². The standard InChI is InChI=1S/C23H23ClN2O5S/c1-3-10-26-22(28)19(32-23(26)29)13-15-11-17(24)21(18(12-15)30-4-2)31-14-20(27)25-16-8-6-5-7-9-16/h5-9,11-13H,3-4,10,14H2,1-2H3,(H,25,27)/b19-13+. The Morgan fingerprint density at radius 2 is 1.91 bits per heavy atom. The molecular formula is C23H23ClN2O5S. The highest BCUT2D eigenvalue weighted by Gasteiger charge is 2.34. The van der Waals surface area contributed by atoms with Gasteiger partial charge in [0, 0.05) is 12.2 Å². The molecule has 32 heavy (non-hydrogen) atoms. The number of hydrogen-bond donors (Lipinski definition) is 1. The van der Waals surface area contributed by atoms with Crippen molar-refractivity contribution >= 4 is 52.2 Å². The molecule has 1 saturated heterocycles. The molecule has 2 aromatic carbocycles. The zero-order chi connectivity index (χ0) is 23.1. The van der Waals surface area contributed by atoms with Crippen molar-refractivity contribution in [3.05, 3.63) is 58.0 Å². The zero-order valence-electron chi connectivity index (χ0n) is 17.7. The maximum Gasteiger partial charge on any atom is 0.293 e. The van der Waals surface area contributed by atoms with Crippen molar-refractivity contribution in [1.82, 2.24) is 4.90 Å². The van der Waals surface area contributed by atoms with Crippen LogP contribution in [0, 0.1) is 0 Å². The van der Waals surface area contributed by atoms with Crippen LogP contribution in [-0.2, 0) is 9.59 Å². The number of hydrogen-bond acceptors (Lipinski definition) is 6. The maximum atomic E-state index is 12.5. The van der Waals surface area contributed by atoms with Crippen molar-refractivity contribution < 1.29 is 23.9 Å². The summed E-state index contributed by atoms with van der Waals surface area (Å²) in [6, 6.07) is 12.3. The summed E-state index contributed by atoms with van der Waals surface area (Å²) < 4.78 is 11.3. The molecule has 0 atom stereocenters. The first-order valence-corrected chi connectivity index (χ1v) is 11.3. The fourth-order valence-corrected chi connectivity index (χ4v) is 4.14. The molecule has 0 aromatic heterocycles. The highest BCUT2D eigenvalue weighted by molar-refractivity contribution is 8.18. The molecular weight excluding hydrogens is 452 g/mol. The Morgan fingerprint density at radius 1 is 1.16 bits per heavy atom. The third-order valence-corrected chi connectivity index (χ3v) is 5.54. The first kappa shape index (κ1) is 23.7. The lowest BCUT2D eigenvalue weighted by Gasteiger charge is -2.14. The number of imide groups is 1. The predicted octanol–water partition coefficient (Wildman–Crippen LogP) is 5.20. The smallest absolute Gasteiger partial charge is 0.293 e. The number of thioether (sulfide) groups is 1. The largest absolute Gasteiger partial charge is 0.490 e. The second kappa shape index (κ2) is 11.1. The fraction of sp³-hybridized carbons (Fsp3) is 0.261. The summed E-state index contributed by atoms with van der Waals surface area (Å²) in [5.41, 5.74) is 1.24. The van der Waals surface area contributed by atoms with Crippen molar-refractivity contribution in [2.75, 3.05) is 25.1 Å². The van der Waals surface area contributed by atoms with Gasteiger partial charge in [-0.15, -0.1) is 0 Å². The number of carbonyl (C=O) groups is 3. The van der Waals surface area contributed by atoms with Gasteiger partial charge in [-0.1, -0.05) is 36.7 Å². The van der Waals surface area contributed by atoms with Crippen molar-refractivity contribution in [3.8, 4) is 11.5 Å². The number of halogens is 1. The third-order valence-electron chi connectivity index (χ3n) is 4.36. The molecule has 3 rings (SSSR count). The van der Waals surface area contributed by atoms with Crippen LogP contribution in [0.25, 0.3) is 6.08 Å². The van der Waals surface area contributed by atoms with Crippen molar-refractivity contribution in [2.24, 2.45) is 0 Å². The van der Waals surface area contributed by atoms with Crippen LogP contribution in [0.3, 0.4) is 0 Å². The van der Waals surface area contributed by atoms with E-state index in [0.29, 0.717) is 41.5 Å². The number of amides is 3. The maximum absolute atomic E-state index is 12.5. The van der Waals surface area contributed by atoms with E-state index in [4.69, 9.17) is 21.1 Å². The van der Waals surface area contributed by atoms with Crippen molar-refractivity contribution in [3.63, 3.8) is 0 Å². The molecule has 0 radical (unpaired) electrons. The van der Waals surface area contributed by atoms with Gasteiger partial charge >= 0.3 is 0 Å². The molecule has 9 heteroatoms. The summed E-state index contributed by atoms with van der Waals surface area (Å²) in [7, 11) is 0. The quantitative estimate of drug-likeness (QED) is 0.502. The van der Waals surface area contributed by atoms with Crippen LogP contribution in [-0.4, -0.2) is 41.7 Å². The van der Waals surface area contributed by atoms with Gasteiger partial charge in [0.1, 0.15) is 0 Å². The molecule has 168 valence electrons. The van der Waals surface area contributed by atoms with Crippen LogP contribution >= 0.6 is 23.4 Å². The van der Waals surface area contributed by atoms with Gasteiger partial charge in [0.25, 0.3) is 17.1 Å². The average Bonchev–Trinajstić information content (AvgIpc) is 3.02. The van der Waals surface area contributed by atoms with Gasteiger partial charge in [-0.3, -0.25) is 19.3 Å². The van der Waals surface area contributed by atoms with Crippen molar-refractivity contribution in [1.29, 1.82) is 0 Å². The molecule has 1 aliphatic rings. The third kappa shape index (κ3) is 5.83. The predicted molar refractivity (Wildman–Crippen MR) is 126 cm³/mol. The summed E-state index contributed by atoms with van der Waals surface area (Å²) in [5, 5.41) is 2.67. The van der Waals surface area contributed by atoms with E-state index in [0.717, 1.165) is 11.8 Å². The number of carbonyl (C=O) groups excluding carboxylic acids is 3. The second-order valence-corrected chi connectivity index (χ2v) is 8.20. The molecule has 0 spiro atoms. The monoisotopic (exact) mass is 474 g/mol. The molecule has 1 N–H and O–H groups in total. The van der Waals surface area contributed by atoms with Crippen LogP contribution in [0.1, 0.15) is 25.8 Å². The van der Waals surface area contributed by atoms with Crippen LogP contribution in [0.4, 0.5) is 10.5 Å². The van der Waals surface area contributed by atoms with Crippen LogP contribution in [0.2, 0.25) is 5.02 Å². The Balaban J connectivity index is 1.77. The summed E-state index contributed by atoms with van der Waals surface area (Å²) >= 11 is 7.30. The zero-order valence-corrected chi connectivity index (χ0v) is 19.3. The molecule has 1 heterocycles. The summed E-state index contributed by atoms with van der Waals surface area (Å²) in [6.07, 6.45) is 2.29. The Bertz CT molecular complexity index is 1040. The number of benzene rings is 2. The van der Waals surface area contributed by atoms with E-state index in [9.17, 15) is 14.4 Å². The number of anilines is 1. The molecule has 3 amide bonds. The van der Waals surface area contributed by atoms with Gasteiger partial charge in [-0.2, -0.15) is 0 Å². The van der Waals surface area contributed by atoms with E-state index in [-0.39, 0.29) is 34.4 Å². The highest BCUT2D eigenvalue weighted by Crippen LogP contribution is 2.39. The first-order chi connectivity index (χ1) is 15.4.